The lowest BCUT2D eigenvalue weighted by Crippen LogP contribution is -2.33. The van der Waals surface area contributed by atoms with Gasteiger partial charge in [-0.15, -0.1) is 0 Å². The van der Waals surface area contributed by atoms with Gasteiger partial charge in [0.2, 0.25) is 0 Å². The van der Waals surface area contributed by atoms with E-state index in [9.17, 15) is 0 Å². The molecule has 0 spiro atoms. The molecule has 0 aromatic heterocycles. The van der Waals surface area contributed by atoms with Crippen LogP contribution in [0, 0.1) is 0 Å². The molecular formula is C24H31NO6. The predicted molar refractivity (Wildman–Crippen MR) is 112 cm³/mol. The molecule has 7 heteroatoms. The third-order valence-electron chi connectivity index (χ3n) is 7.08. The first-order chi connectivity index (χ1) is 15.3. The molecule has 0 saturated carbocycles. The second-order valence-electron chi connectivity index (χ2n) is 9.94. The zero-order chi connectivity index (χ0) is 20.4. The first-order valence-corrected chi connectivity index (χ1v) is 11.9. The quantitative estimate of drug-likeness (QED) is 0.434. The van der Waals surface area contributed by atoms with Crippen molar-refractivity contribution >= 4 is 5.69 Å². The lowest BCUT2D eigenvalue weighted by Gasteiger charge is -2.30. The molecule has 0 bridgehead atoms. The van der Waals surface area contributed by atoms with Gasteiger partial charge < -0.3 is 33.3 Å². The van der Waals surface area contributed by atoms with Crippen molar-refractivity contribution in [3.63, 3.8) is 0 Å². The summed E-state index contributed by atoms with van der Waals surface area (Å²) in [6.07, 6.45) is 6.06. The summed E-state index contributed by atoms with van der Waals surface area (Å²) in [6.45, 7) is 7.10. The summed E-state index contributed by atoms with van der Waals surface area (Å²) < 4.78 is 34.0. The summed E-state index contributed by atoms with van der Waals surface area (Å²) in [6, 6.07) is 2.46. The van der Waals surface area contributed by atoms with Crippen molar-refractivity contribution < 1.29 is 28.4 Å². The van der Waals surface area contributed by atoms with Gasteiger partial charge in [0.1, 0.15) is 0 Å². The highest BCUT2D eigenvalue weighted by Gasteiger charge is 2.38. The lowest BCUT2D eigenvalue weighted by molar-refractivity contribution is 0.387. The second kappa shape index (κ2) is 7.68. The number of hydrogen-bond donors (Lipinski definition) is 0. The molecule has 6 fully saturated rings. The van der Waals surface area contributed by atoms with Crippen molar-refractivity contribution in [2.45, 2.75) is 62.3 Å². The molecule has 0 amide bonds. The number of nitrogens with zero attached hydrogens (tertiary/aromatic N) is 1. The highest BCUT2D eigenvalue weighted by atomic mass is 16.6. The fourth-order valence-electron chi connectivity index (χ4n) is 4.84. The fraction of sp³-hybridized carbons (Fsp3) is 0.750. The maximum absolute atomic E-state index is 5.71. The third kappa shape index (κ3) is 4.92. The molecule has 6 heterocycles. The normalized spacial score (nSPS) is 36.3. The lowest BCUT2D eigenvalue weighted by atomic mass is 9.85. The Morgan fingerprint density at radius 2 is 0.968 bits per heavy atom. The van der Waals surface area contributed by atoms with Gasteiger partial charge in [-0.3, -0.25) is 0 Å². The van der Waals surface area contributed by atoms with Crippen LogP contribution in [-0.4, -0.2) is 89.4 Å². The number of anilines is 1. The standard InChI is InChI=1S/C24H31NO6/c1(15-8-26-15)14-2-24(25(6-19-12-30-19)7-20-13-31-20)23(5-18-11-29-18)22(4-17-10-28-17)21(14)3-16-9-27-16/h2,15-20H,1,3-13H2. The van der Waals surface area contributed by atoms with Crippen LogP contribution in [0.25, 0.3) is 0 Å². The maximum atomic E-state index is 5.71. The van der Waals surface area contributed by atoms with Gasteiger partial charge in [0.25, 0.3) is 0 Å². The monoisotopic (exact) mass is 429 g/mol. The summed E-state index contributed by atoms with van der Waals surface area (Å²) in [5.41, 5.74) is 7.21. The van der Waals surface area contributed by atoms with E-state index in [0.717, 1.165) is 78.4 Å². The van der Waals surface area contributed by atoms with E-state index in [1.165, 1.54) is 27.9 Å². The van der Waals surface area contributed by atoms with Crippen molar-refractivity contribution in [2.75, 3.05) is 57.6 Å². The molecule has 6 saturated heterocycles. The Balaban J connectivity index is 1.32. The van der Waals surface area contributed by atoms with Gasteiger partial charge in [0.15, 0.2) is 0 Å². The Bertz CT molecular complexity index is 823. The molecule has 1 aromatic rings. The van der Waals surface area contributed by atoms with Crippen LogP contribution in [0.15, 0.2) is 6.07 Å². The van der Waals surface area contributed by atoms with Crippen LogP contribution in [0.4, 0.5) is 5.69 Å². The molecule has 6 aliphatic rings. The summed E-state index contributed by atoms with van der Waals surface area (Å²) in [7, 11) is 0. The van der Waals surface area contributed by atoms with Crippen molar-refractivity contribution in [1.82, 2.24) is 0 Å². The summed E-state index contributed by atoms with van der Waals surface area (Å²) >= 11 is 0. The average molecular weight is 430 g/mol. The number of hydrogen-bond acceptors (Lipinski definition) is 7. The number of benzene rings is 1. The molecule has 0 radical (unpaired) electrons. The average Bonchev–Trinajstić information content (AvgIpc) is 3.55. The van der Waals surface area contributed by atoms with Crippen LogP contribution < -0.4 is 4.90 Å². The molecule has 7 nitrogen and oxygen atoms in total. The second-order valence-corrected chi connectivity index (χ2v) is 9.94. The highest BCUT2D eigenvalue weighted by Crippen LogP contribution is 2.39. The minimum atomic E-state index is 0.341. The first-order valence-electron chi connectivity index (χ1n) is 11.9. The molecule has 1 aromatic carbocycles. The molecule has 6 aliphatic heterocycles. The van der Waals surface area contributed by atoms with E-state index < -0.39 is 0 Å². The number of epoxide rings is 6. The Labute approximate surface area is 182 Å². The van der Waals surface area contributed by atoms with Crippen LogP contribution in [-0.2, 0) is 54.1 Å². The van der Waals surface area contributed by atoms with Crippen LogP contribution in [0.5, 0.6) is 0 Å². The van der Waals surface area contributed by atoms with Gasteiger partial charge in [0.05, 0.1) is 76.3 Å². The van der Waals surface area contributed by atoms with Crippen LogP contribution >= 0.6 is 0 Å². The Kier molecular flexibility index (Phi) is 4.77. The van der Waals surface area contributed by atoms with Crippen LogP contribution in [0.3, 0.4) is 0 Å². The van der Waals surface area contributed by atoms with E-state index in [0.29, 0.717) is 36.6 Å². The van der Waals surface area contributed by atoms with E-state index in [1.807, 2.05) is 0 Å². The number of ether oxygens (including phenoxy) is 6. The minimum Gasteiger partial charge on any atom is -0.373 e. The van der Waals surface area contributed by atoms with Gasteiger partial charge in [0, 0.05) is 44.5 Å². The Morgan fingerprint density at radius 1 is 0.548 bits per heavy atom. The molecule has 168 valence electrons. The summed E-state index contributed by atoms with van der Waals surface area (Å²) in [5, 5.41) is 0. The largest absolute Gasteiger partial charge is 0.373 e. The van der Waals surface area contributed by atoms with Crippen molar-refractivity contribution in [2.24, 2.45) is 0 Å². The fourth-order valence-corrected chi connectivity index (χ4v) is 4.84. The van der Waals surface area contributed by atoms with Crippen molar-refractivity contribution in [1.29, 1.82) is 0 Å². The summed E-state index contributed by atoms with van der Waals surface area (Å²) in [4.78, 5) is 2.53. The van der Waals surface area contributed by atoms with E-state index >= 15 is 0 Å². The third-order valence-corrected chi connectivity index (χ3v) is 7.08. The molecule has 6 unspecified atom stereocenters. The zero-order valence-electron chi connectivity index (χ0n) is 17.9. The van der Waals surface area contributed by atoms with Crippen LogP contribution in [0.1, 0.15) is 22.3 Å². The predicted octanol–water partition coefficient (Wildman–Crippen LogP) is 1.06. The SMILES string of the molecule is c1c(CC2CO2)c(CC2CO2)c(CC2CO2)c(CC2CO2)c1N(CC1CO1)CC1CO1. The molecular weight excluding hydrogens is 398 g/mol. The minimum absolute atomic E-state index is 0.341. The first kappa shape index (κ1) is 19.3. The van der Waals surface area contributed by atoms with E-state index in [2.05, 4.69) is 11.0 Å². The maximum Gasteiger partial charge on any atom is 0.0984 e. The van der Waals surface area contributed by atoms with Crippen molar-refractivity contribution in [3.8, 4) is 0 Å². The summed E-state index contributed by atoms with van der Waals surface area (Å²) in [5.74, 6) is 0. The Morgan fingerprint density at radius 3 is 1.45 bits per heavy atom. The highest BCUT2D eigenvalue weighted by molar-refractivity contribution is 5.63. The Hall–Kier alpha value is -1.22. The number of rotatable bonds is 13. The van der Waals surface area contributed by atoms with E-state index in [1.54, 1.807) is 0 Å². The zero-order valence-corrected chi connectivity index (χ0v) is 17.9. The molecule has 6 atom stereocenters. The topological polar surface area (TPSA) is 78.4 Å². The van der Waals surface area contributed by atoms with Gasteiger partial charge in [-0.2, -0.15) is 0 Å². The molecule has 31 heavy (non-hydrogen) atoms. The van der Waals surface area contributed by atoms with Gasteiger partial charge in [-0.05, 0) is 28.3 Å². The van der Waals surface area contributed by atoms with Gasteiger partial charge in [-0.25, -0.2) is 0 Å². The smallest absolute Gasteiger partial charge is 0.0984 e. The van der Waals surface area contributed by atoms with Gasteiger partial charge >= 0.3 is 0 Å². The van der Waals surface area contributed by atoms with E-state index in [-0.39, 0.29) is 0 Å². The molecule has 7 rings (SSSR count). The van der Waals surface area contributed by atoms with Gasteiger partial charge in [-0.1, -0.05) is 0 Å². The van der Waals surface area contributed by atoms with E-state index in [4.69, 9.17) is 28.4 Å². The van der Waals surface area contributed by atoms with Crippen molar-refractivity contribution in [3.05, 3.63) is 28.3 Å². The van der Waals surface area contributed by atoms with Crippen LogP contribution in [0.2, 0.25) is 0 Å². The molecule has 0 aliphatic carbocycles. The molecule has 0 N–H and O–H groups in total.